The summed E-state index contributed by atoms with van der Waals surface area (Å²) >= 11 is 0. The second-order valence-corrected chi connectivity index (χ2v) is 3.97. The number of nitro groups is 1. The van der Waals surface area contributed by atoms with Gasteiger partial charge >= 0.3 is 5.97 Å². The van der Waals surface area contributed by atoms with Crippen LogP contribution in [0.2, 0.25) is 0 Å². The molecule has 0 aliphatic carbocycles. The average molecular weight is 275 g/mol. The minimum Gasteiger partial charge on any atom is -0.463 e. The number of carbonyl (C=O) groups excluding carboxylic acids is 1. The number of hydrogen-bond donors (Lipinski definition) is 1. The van der Waals surface area contributed by atoms with Crippen LogP contribution in [0.5, 0.6) is 0 Å². The second-order valence-electron chi connectivity index (χ2n) is 3.97. The number of hydrogen-bond acceptors (Lipinski definition) is 6. The first kappa shape index (κ1) is 17.5. The van der Waals surface area contributed by atoms with Gasteiger partial charge in [0.2, 0.25) is 12.1 Å². The third kappa shape index (κ3) is 7.53. The van der Waals surface area contributed by atoms with Gasteiger partial charge in [0, 0.05) is 11.5 Å². The number of aliphatic hydroxyl groups is 1. The molecule has 0 aliphatic rings. The Hall–Kier alpha value is -1.47. The van der Waals surface area contributed by atoms with E-state index in [4.69, 9.17) is 4.74 Å². The van der Waals surface area contributed by atoms with Crippen LogP contribution in [0.3, 0.4) is 0 Å². The summed E-state index contributed by atoms with van der Waals surface area (Å²) in [7, 11) is 0. The van der Waals surface area contributed by atoms with Crippen molar-refractivity contribution in [3.05, 3.63) is 22.3 Å². The van der Waals surface area contributed by atoms with Gasteiger partial charge in [0.05, 0.1) is 13.2 Å². The van der Waals surface area contributed by atoms with Crippen molar-refractivity contribution in [1.82, 2.24) is 0 Å². The molecule has 0 rings (SSSR count). The van der Waals surface area contributed by atoms with E-state index in [1.165, 1.54) is 6.08 Å². The number of carbonyl (C=O) groups is 1. The lowest BCUT2D eigenvalue weighted by atomic mass is 10.0. The van der Waals surface area contributed by atoms with Crippen molar-refractivity contribution in [2.24, 2.45) is 0 Å². The second kappa shape index (κ2) is 9.46. The maximum Gasteiger partial charge on any atom is 0.349 e. The molecule has 0 fully saturated rings. The van der Waals surface area contributed by atoms with Gasteiger partial charge in [0.25, 0.3) is 0 Å². The Morgan fingerprint density at radius 1 is 1.47 bits per heavy atom. The van der Waals surface area contributed by atoms with E-state index in [-0.39, 0.29) is 13.2 Å². The van der Waals surface area contributed by atoms with Gasteiger partial charge in [0.15, 0.2) is 0 Å². The van der Waals surface area contributed by atoms with Gasteiger partial charge in [-0.05, 0) is 19.4 Å². The largest absolute Gasteiger partial charge is 0.463 e. The number of unbranched alkanes of at least 4 members (excludes halogenated alkanes) is 1. The molecule has 0 aromatic carbocycles. The van der Waals surface area contributed by atoms with Crippen LogP contribution >= 0.6 is 0 Å². The standard InChI is InChI=1S/C12H21NO6/c1-3-5-8-18-9-6-7-12(15,10-13(16)17)11(14)19-4-2/h6-7,15H,3-5,8-10H2,1-2H3/b7-6+. The molecular weight excluding hydrogens is 254 g/mol. The highest BCUT2D eigenvalue weighted by molar-refractivity contribution is 5.81. The monoisotopic (exact) mass is 275 g/mol. The Bertz CT molecular complexity index is 317. The van der Waals surface area contributed by atoms with E-state index in [0.29, 0.717) is 6.61 Å². The molecule has 7 nitrogen and oxygen atoms in total. The zero-order valence-corrected chi connectivity index (χ0v) is 11.3. The molecule has 0 spiro atoms. The highest BCUT2D eigenvalue weighted by Gasteiger charge is 2.40. The molecule has 19 heavy (non-hydrogen) atoms. The predicted molar refractivity (Wildman–Crippen MR) is 68.3 cm³/mol. The number of esters is 1. The third-order valence-corrected chi connectivity index (χ3v) is 2.25. The van der Waals surface area contributed by atoms with Gasteiger partial charge in [-0.1, -0.05) is 19.4 Å². The first-order valence-electron chi connectivity index (χ1n) is 6.23. The quantitative estimate of drug-likeness (QED) is 0.209. The van der Waals surface area contributed by atoms with Crippen LogP contribution in [0.4, 0.5) is 0 Å². The van der Waals surface area contributed by atoms with Crippen molar-refractivity contribution in [2.45, 2.75) is 32.3 Å². The SMILES string of the molecule is CCCCOC/C=C/C(O)(C[N+](=O)[O-])C(=O)OCC. The maximum atomic E-state index is 11.5. The molecule has 0 aliphatic heterocycles. The predicted octanol–water partition coefficient (Wildman–Crippen LogP) is 0.930. The molecule has 1 atom stereocenters. The smallest absolute Gasteiger partial charge is 0.349 e. The van der Waals surface area contributed by atoms with Gasteiger partial charge in [-0.15, -0.1) is 0 Å². The van der Waals surface area contributed by atoms with Gasteiger partial charge in [-0.2, -0.15) is 0 Å². The summed E-state index contributed by atoms with van der Waals surface area (Å²) in [5.41, 5.74) is -2.24. The van der Waals surface area contributed by atoms with Crippen molar-refractivity contribution in [3.63, 3.8) is 0 Å². The van der Waals surface area contributed by atoms with Crippen molar-refractivity contribution >= 4 is 5.97 Å². The van der Waals surface area contributed by atoms with Crippen molar-refractivity contribution in [2.75, 3.05) is 26.4 Å². The van der Waals surface area contributed by atoms with E-state index < -0.39 is 23.0 Å². The summed E-state index contributed by atoms with van der Waals surface area (Å²) in [4.78, 5) is 21.2. The molecule has 0 aromatic heterocycles. The third-order valence-electron chi connectivity index (χ3n) is 2.25. The molecular formula is C12H21NO6. The summed E-state index contributed by atoms with van der Waals surface area (Å²) in [5, 5.41) is 20.4. The lowest BCUT2D eigenvalue weighted by Crippen LogP contribution is -2.44. The maximum absolute atomic E-state index is 11.5. The molecule has 0 radical (unpaired) electrons. The van der Waals surface area contributed by atoms with E-state index in [9.17, 15) is 20.0 Å². The molecule has 1 unspecified atom stereocenters. The molecule has 0 saturated carbocycles. The van der Waals surface area contributed by atoms with Crippen LogP contribution < -0.4 is 0 Å². The lowest BCUT2D eigenvalue weighted by molar-refractivity contribution is -0.494. The molecule has 110 valence electrons. The fraction of sp³-hybridized carbons (Fsp3) is 0.750. The van der Waals surface area contributed by atoms with Crippen LogP contribution in [0.1, 0.15) is 26.7 Å². The number of rotatable bonds is 10. The molecule has 0 bridgehead atoms. The van der Waals surface area contributed by atoms with Crippen LogP contribution in [0.15, 0.2) is 12.2 Å². The topological polar surface area (TPSA) is 98.9 Å². The Kier molecular flexibility index (Phi) is 8.73. The van der Waals surface area contributed by atoms with Gasteiger partial charge < -0.3 is 14.6 Å². The minimum atomic E-state index is -2.24. The van der Waals surface area contributed by atoms with Crippen molar-refractivity contribution in [3.8, 4) is 0 Å². The highest BCUT2D eigenvalue weighted by atomic mass is 16.6. The first-order chi connectivity index (χ1) is 8.96. The average Bonchev–Trinajstić information content (AvgIpc) is 2.33. The van der Waals surface area contributed by atoms with E-state index in [1.807, 2.05) is 6.92 Å². The summed E-state index contributed by atoms with van der Waals surface area (Å²) in [6, 6.07) is 0. The molecule has 0 aromatic rings. The Morgan fingerprint density at radius 3 is 2.68 bits per heavy atom. The zero-order chi connectivity index (χ0) is 14.7. The fourth-order valence-electron chi connectivity index (χ4n) is 1.28. The Labute approximate surface area is 112 Å². The molecule has 0 heterocycles. The summed E-state index contributed by atoms with van der Waals surface area (Å²) in [5.74, 6) is -1.03. The van der Waals surface area contributed by atoms with Crippen LogP contribution in [-0.4, -0.2) is 48.0 Å². The first-order valence-corrected chi connectivity index (χ1v) is 6.23. The van der Waals surface area contributed by atoms with Gasteiger partial charge in [-0.3, -0.25) is 10.1 Å². The molecule has 0 saturated heterocycles. The van der Waals surface area contributed by atoms with E-state index >= 15 is 0 Å². The Morgan fingerprint density at radius 2 is 2.16 bits per heavy atom. The fourth-order valence-corrected chi connectivity index (χ4v) is 1.28. The zero-order valence-electron chi connectivity index (χ0n) is 11.3. The van der Waals surface area contributed by atoms with E-state index in [1.54, 1.807) is 6.92 Å². The van der Waals surface area contributed by atoms with Crippen LogP contribution in [-0.2, 0) is 14.3 Å². The van der Waals surface area contributed by atoms with Crippen molar-refractivity contribution in [1.29, 1.82) is 0 Å². The number of nitrogens with zero attached hydrogens (tertiary/aromatic N) is 1. The van der Waals surface area contributed by atoms with Crippen molar-refractivity contribution < 1.29 is 24.3 Å². The Balaban J connectivity index is 4.45. The van der Waals surface area contributed by atoms with Crippen LogP contribution in [0.25, 0.3) is 0 Å². The normalized spacial score (nSPS) is 14.3. The van der Waals surface area contributed by atoms with Crippen LogP contribution in [0, 0.1) is 10.1 Å². The highest BCUT2D eigenvalue weighted by Crippen LogP contribution is 2.10. The number of ether oxygens (including phenoxy) is 2. The lowest BCUT2D eigenvalue weighted by Gasteiger charge is -2.17. The molecule has 0 amide bonds. The molecule has 1 N–H and O–H groups in total. The summed E-state index contributed by atoms with van der Waals surface area (Å²) < 4.78 is 9.81. The summed E-state index contributed by atoms with van der Waals surface area (Å²) in [6.07, 6.45) is 4.35. The van der Waals surface area contributed by atoms with Gasteiger partial charge in [0.1, 0.15) is 0 Å². The van der Waals surface area contributed by atoms with E-state index in [0.717, 1.165) is 18.9 Å². The van der Waals surface area contributed by atoms with Gasteiger partial charge in [-0.25, -0.2) is 4.79 Å². The van der Waals surface area contributed by atoms with E-state index in [2.05, 4.69) is 4.74 Å². The summed E-state index contributed by atoms with van der Waals surface area (Å²) in [6.45, 7) is 3.43. The molecule has 7 heteroatoms. The minimum absolute atomic E-state index is 0.0414.